The van der Waals surface area contributed by atoms with Crippen LogP contribution in [-0.4, -0.2) is 58.0 Å². The second-order valence-corrected chi connectivity index (χ2v) is 19.0. The van der Waals surface area contributed by atoms with Crippen molar-refractivity contribution in [2.24, 2.45) is 0 Å². The number of nitrogens with zero attached hydrogens (tertiary/aromatic N) is 4. The van der Waals surface area contributed by atoms with E-state index in [0.717, 1.165) is 31.7 Å². The van der Waals surface area contributed by atoms with Crippen LogP contribution in [0.3, 0.4) is 0 Å². The number of anilines is 1. The number of hydrogen-bond donors (Lipinski definition) is 1. The Bertz CT molecular complexity index is 2140. The summed E-state index contributed by atoms with van der Waals surface area (Å²) in [5, 5.41) is 14.1. The van der Waals surface area contributed by atoms with Gasteiger partial charge in [-0.3, -0.25) is 9.05 Å². The monoisotopic (exact) mass is 911 g/mol. The maximum atomic E-state index is 14.7. The molecule has 6 atom stereocenters. The van der Waals surface area contributed by atoms with Crippen molar-refractivity contribution >= 4 is 30.8 Å². The van der Waals surface area contributed by atoms with Crippen molar-refractivity contribution in [1.82, 2.24) is 14.6 Å². The van der Waals surface area contributed by atoms with Crippen LogP contribution in [0, 0.1) is 17.1 Å². The number of nitrogens with two attached hydrogens (primary N) is 1. The van der Waals surface area contributed by atoms with Gasteiger partial charge in [-0.1, -0.05) is 127 Å². The first-order valence-corrected chi connectivity index (χ1v) is 24.6. The van der Waals surface area contributed by atoms with E-state index in [0.29, 0.717) is 23.4 Å². The minimum absolute atomic E-state index is 0.0863. The van der Waals surface area contributed by atoms with E-state index < -0.39 is 49.9 Å². The van der Waals surface area contributed by atoms with Crippen molar-refractivity contribution in [3.05, 3.63) is 83.0 Å². The standard InChI is InChI=1S/C47H64ClFN5O8P/c1-4-5-6-7-8-9-10-11-12-13-14-15-16-17-18-19-22-36(58-37-28-34(30-50)27-35(49)29-37)31-56-63(55,62-41-24-21-20-23-38(41)48)57-32-42-44-45(61-47(2,3)60-44)43(59-42)39-25-26-40-46(51)52-33-53-54(39)40/h20-21,23-29,33,36,42-45H,4-19,22,31-32H2,1-3H3,(H2,51,52,53)/t36-,42+,43-,44+,45-,63?/m0/s1. The molecule has 0 bridgehead atoms. The van der Waals surface area contributed by atoms with Gasteiger partial charge in [0, 0.05) is 6.07 Å². The molecule has 63 heavy (non-hydrogen) atoms. The molecule has 4 heterocycles. The van der Waals surface area contributed by atoms with Crippen LogP contribution in [-0.2, 0) is 27.8 Å². The first kappa shape index (κ1) is 48.7. The maximum absolute atomic E-state index is 14.7. The summed E-state index contributed by atoms with van der Waals surface area (Å²) in [6.45, 7) is 5.35. The van der Waals surface area contributed by atoms with Crippen LogP contribution >= 0.6 is 19.4 Å². The smallest absolute Gasteiger partial charge is 0.488 e. The number of hydrogen-bond acceptors (Lipinski definition) is 12. The molecule has 2 fully saturated rings. The molecular weight excluding hydrogens is 848 g/mol. The van der Waals surface area contributed by atoms with Gasteiger partial charge in [0.15, 0.2) is 11.6 Å². The Labute approximate surface area is 376 Å². The number of benzene rings is 2. The van der Waals surface area contributed by atoms with E-state index in [9.17, 15) is 14.2 Å². The van der Waals surface area contributed by atoms with Gasteiger partial charge < -0.3 is 29.2 Å². The van der Waals surface area contributed by atoms with Gasteiger partial charge in [0.05, 0.1) is 35.6 Å². The Morgan fingerprint density at radius 3 is 2.22 bits per heavy atom. The summed E-state index contributed by atoms with van der Waals surface area (Å²) in [7, 11) is -4.48. The molecule has 2 aromatic heterocycles. The lowest BCUT2D eigenvalue weighted by atomic mass is 10.0. The zero-order chi connectivity index (χ0) is 44.7. The molecule has 0 amide bonds. The van der Waals surface area contributed by atoms with Crippen LogP contribution in [0.5, 0.6) is 11.5 Å². The molecular formula is C47H64ClFN5O8P. The highest BCUT2D eigenvalue weighted by atomic mass is 35.5. The number of para-hydroxylation sites is 1. The molecule has 13 nitrogen and oxygen atoms in total. The molecule has 2 saturated heterocycles. The average Bonchev–Trinajstić information content (AvgIpc) is 3.93. The fourth-order valence-electron chi connectivity index (χ4n) is 8.30. The van der Waals surface area contributed by atoms with Gasteiger partial charge >= 0.3 is 7.82 Å². The maximum Gasteiger partial charge on any atom is 0.530 e. The Balaban J connectivity index is 1.07. The van der Waals surface area contributed by atoms with Gasteiger partial charge in [-0.2, -0.15) is 10.4 Å². The molecule has 0 saturated carbocycles. The molecule has 16 heteroatoms. The van der Waals surface area contributed by atoms with E-state index in [2.05, 4.69) is 17.0 Å². The molecule has 1 unspecified atom stereocenters. The number of halogens is 2. The third-order valence-corrected chi connectivity index (χ3v) is 13.2. The second kappa shape index (κ2) is 23.9. The lowest BCUT2D eigenvalue weighted by Crippen LogP contribution is -2.33. The van der Waals surface area contributed by atoms with Crippen LogP contribution in [0.4, 0.5) is 10.2 Å². The van der Waals surface area contributed by atoms with Gasteiger partial charge in [-0.05, 0) is 63.1 Å². The SMILES string of the molecule is CCCCCCCCCCCCCCCCCC[C@@H](COP(=O)(OC[C@H]1O[C@@H](c2ccc3c(N)ncnn23)[C@@H]2OC(C)(C)O[C@@H]21)Oc1ccccc1Cl)Oc1cc(F)cc(C#N)c1. The summed E-state index contributed by atoms with van der Waals surface area (Å²) in [6.07, 6.45) is 18.3. The molecule has 2 aliphatic rings. The molecule has 0 aliphatic carbocycles. The van der Waals surface area contributed by atoms with Crippen LogP contribution in [0.25, 0.3) is 5.52 Å². The first-order chi connectivity index (χ1) is 30.5. The molecule has 4 aromatic rings. The van der Waals surface area contributed by atoms with Crippen molar-refractivity contribution in [3.63, 3.8) is 0 Å². The zero-order valence-electron chi connectivity index (χ0n) is 36.9. The molecule has 0 spiro atoms. The number of fused-ring (bicyclic) bond motifs is 2. The average molecular weight is 912 g/mol. The van der Waals surface area contributed by atoms with Crippen LogP contribution in [0.15, 0.2) is 60.9 Å². The number of phosphoric acid groups is 1. The highest BCUT2D eigenvalue weighted by molar-refractivity contribution is 7.48. The molecule has 344 valence electrons. The van der Waals surface area contributed by atoms with Gasteiger partial charge in [0.25, 0.3) is 0 Å². The highest BCUT2D eigenvalue weighted by Gasteiger charge is 2.57. The van der Waals surface area contributed by atoms with E-state index in [1.807, 2.05) is 26.0 Å². The third-order valence-electron chi connectivity index (χ3n) is 11.5. The Hall–Kier alpha value is -3.80. The van der Waals surface area contributed by atoms with E-state index in [1.165, 1.54) is 95.5 Å². The predicted molar refractivity (Wildman–Crippen MR) is 240 cm³/mol. The van der Waals surface area contributed by atoms with Crippen LogP contribution < -0.4 is 15.0 Å². The summed E-state index contributed by atoms with van der Waals surface area (Å²) in [5.74, 6) is -1.01. The lowest BCUT2D eigenvalue weighted by molar-refractivity contribution is -0.191. The van der Waals surface area contributed by atoms with E-state index in [-0.39, 0.29) is 35.3 Å². The zero-order valence-corrected chi connectivity index (χ0v) is 38.6. The number of aromatic nitrogens is 3. The first-order valence-electron chi connectivity index (χ1n) is 22.8. The summed E-state index contributed by atoms with van der Waals surface area (Å²) in [6, 6.07) is 16.0. The van der Waals surface area contributed by atoms with Crippen molar-refractivity contribution < 1.29 is 41.5 Å². The van der Waals surface area contributed by atoms with Gasteiger partial charge in [0.1, 0.15) is 59.7 Å². The molecule has 2 N–H and O–H groups in total. The minimum Gasteiger partial charge on any atom is -0.488 e. The van der Waals surface area contributed by atoms with Crippen molar-refractivity contribution in [3.8, 4) is 17.6 Å². The number of ether oxygens (including phenoxy) is 4. The van der Waals surface area contributed by atoms with Gasteiger partial charge in [-0.15, -0.1) is 0 Å². The Kier molecular flexibility index (Phi) is 18.5. The van der Waals surface area contributed by atoms with E-state index in [1.54, 1.807) is 34.8 Å². The Morgan fingerprint density at radius 2 is 1.56 bits per heavy atom. The summed E-state index contributed by atoms with van der Waals surface area (Å²) in [4.78, 5) is 4.09. The summed E-state index contributed by atoms with van der Waals surface area (Å²) in [5.41, 5.74) is 7.50. The highest BCUT2D eigenvalue weighted by Crippen LogP contribution is 2.53. The topological polar surface area (TPSA) is 162 Å². The van der Waals surface area contributed by atoms with E-state index >= 15 is 0 Å². The number of nitriles is 1. The Morgan fingerprint density at radius 1 is 0.905 bits per heavy atom. The number of phosphoric ester groups is 1. The predicted octanol–water partition coefficient (Wildman–Crippen LogP) is 12.3. The molecule has 0 radical (unpaired) electrons. The number of nitrogen functional groups attached to an aromatic ring is 1. The normalized spacial score (nSPS) is 20.6. The fraction of sp³-hybridized carbons (Fsp3) is 0.596. The quantitative estimate of drug-likeness (QED) is 0.0425. The molecule has 2 aromatic carbocycles. The second-order valence-electron chi connectivity index (χ2n) is 17.0. The number of unbranched alkanes of at least 4 members (excludes halogenated alkanes) is 15. The molecule has 2 aliphatic heterocycles. The van der Waals surface area contributed by atoms with E-state index in [4.69, 9.17) is 49.9 Å². The van der Waals surface area contributed by atoms with Gasteiger partial charge in [-0.25, -0.2) is 18.5 Å². The largest absolute Gasteiger partial charge is 0.530 e. The fourth-order valence-corrected chi connectivity index (χ4v) is 9.78. The van der Waals surface area contributed by atoms with Crippen LogP contribution in [0.2, 0.25) is 5.02 Å². The van der Waals surface area contributed by atoms with Crippen LogP contribution in [0.1, 0.15) is 147 Å². The number of rotatable bonds is 28. The van der Waals surface area contributed by atoms with Gasteiger partial charge in [0.2, 0.25) is 0 Å². The third kappa shape index (κ3) is 14.3. The van der Waals surface area contributed by atoms with Crippen molar-refractivity contribution in [1.29, 1.82) is 5.26 Å². The van der Waals surface area contributed by atoms with Crippen molar-refractivity contribution in [2.75, 3.05) is 18.9 Å². The summed E-state index contributed by atoms with van der Waals surface area (Å²) < 4.78 is 74.4. The minimum atomic E-state index is -4.48. The van der Waals surface area contributed by atoms with Crippen molar-refractivity contribution in [2.45, 2.75) is 166 Å². The molecule has 6 rings (SSSR count). The lowest BCUT2D eigenvalue weighted by Gasteiger charge is -2.26. The summed E-state index contributed by atoms with van der Waals surface area (Å²) >= 11 is 6.47.